The zero-order chi connectivity index (χ0) is 6.41. The Balaban J connectivity index is 3.39. The van der Waals surface area contributed by atoms with Crippen molar-refractivity contribution in [3.05, 3.63) is 24.3 Å². The third-order valence-electron chi connectivity index (χ3n) is 0.782. The van der Waals surface area contributed by atoms with Gasteiger partial charge in [-0.2, -0.15) is 0 Å². The van der Waals surface area contributed by atoms with Crippen molar-refractivity contribution in [1.82, 2.24) is 0 Å². The van der Waals surface area contributed by atoms with Gasteiger partial charge in [0.15, 0.2) is 0 Å². The Morgan fingerprint density at radius 1 is 1.75 bits per heavy atom. The Hall–Kier alpha value is -0.850. The van der Waals surface area contributed by atoms with Crippen molar-refractivity contribution < 1.29 is 4.79 Å². The molecule has 1 nitrogen and oxygen atoms in total. The number of hydrogen-bond donors (Lipinski definition) is 0. The zero-order valence-corrected chi connectivity index (χ0v) is 5.05. The van der Waals surface area contributed by atoms with Gasteiger partial charge in [0.2, 0.25) is 0 Å². The van der Waals surface area contributed by atoms with E-state index in [9.17, 15) is 4.79 Å². The van der Waals surface area contributed by atoms with Crippen LogP contribution < -0.4 is 0 Å². The summed E-state index contributed by atoms with van der Waals surface area (Å²) in [6, 6.07) is 0. The standard InChI is InChI=1S/C7H10O/c1-3-4-5-7(2)6-8/h3-4,6H,2,5H2,1H3/b4-3-. The van der Waals surface area contributed by atoms with Gasteiger partial charge in [-0.25, -0.2) is 0 Å². The molecular formula is C7H10O. The molecule has 0 spiro atoms. The van der Waals surface area contributed by atoms with Crippen LogP contribution in [0, 0.1) is 0 Å². The molecular weight excluding hydrogens is 100 g/mol. The molecule has 0 unspecified atom stereocenters. The molecule has 0 amide bonds. The maximum atomic E-state index is 9.88. The van der Waals surface area contributed by atoms with Crippen LogP contribution in [0.5, 0.6) is 0 Å². The smallest absolute Gasteiger partial charge is 0.145 e. The van der Waals surface area contributed by atoms with Crippen molar-refractivity contribution in [2.75, 3.05) is 0 Å². The first-order chi connectivity index (χ1) is 3.81. The van der Waals surface area contributed by atoms with Gasteiger partial charge in [-0.05, 0) is 18.9 Å². The number of hydrogen-bond acceptors (Lipinski definition) is 1. The van der Waals surface area contributed by atoms with Crippen molar-refractivity contribution in [3.63, 3.8) is 0 Å². The molecule has 0 aromatic heterocycles. The molecule has 0 heterocycles. The van der Waals surface area contributed by atoms with Crippen LogP contribution in [0.25, 0.3) is 0 Å². The topological polar surface area (TPSA) is 17.1 Å². The van der Waals surface area contributed by atoms with Crippen molar-refractivity contribution in [1.29, 1.82) is 0 Å². The molecule has 0 bridgehead atoms. The first-order valence-corrected chi connectivity index (χ1v) is 2.55. The minimum atomic E-state index is 0.628. The molecule has 0 aliphatic heterocycles. The normalized spacial score (nSPS) is 9.62. The van der Waals surface area contributed by atoms with Gasteiger partial charge in [-0.3, -0.25) is 4.79 Å². The second-order valence-electron chi connectivity index (χ2n) is 1.55. The van der Waals surface area contributed by atoms with Gasteiger partial charge in [0.05, 0.1) is 0 Å². The molecule has 0 atom stereocenters. The number of carbonyl (C=O) groups excluding carboxylic acids is 1. The lowest BCUT2D eigenvalue weighted by molar-refractivity contribution is -0.104. The molecule has 0 fully saturated rings. The van der Waals surface area contributed by atoms with Crippen LogP contribution in [0.2, 0.25) is 0 Å². The monoisotopic (exact) mass is 110 g/mol. The SMILES string of the molecule is C=C(C=O)C/C=C\C. The van der Waals surface area contributed by atoms with Crippen molar-refractivity contribution in [2.45, 2.75) is 13.3 Å². The molecule has 0 aliphatic rings. The van der Waals surface area contributed by atoms with E-state index < -0.39 is 0 Å². The number of allylic oxidation sites excluding steroid dienone is 3. The average molecular weight is 110 g/mol. The fourth-order valence-corrected chi connectivity index (χ4v) is 0.317. The molecule has 0 radical (unpaired) electrons. The lowest BCUT2D eigenvalue weighted by Gasteiger charge is -1.83. The highest BCUT2D eigenvalue weighted by atomic mass is 16.1. The molecule has 0 saturated carbocycles. The van der Waals surface area contributed by atoms with Gasteiger partial charge in [-0.1, -0.05) is 18.7 Å². The third kappa shape index (κ3) is 3.34. The molecule has 0 saturated heterocycles. The van der Waals surface area contributed by atoms with Gasteiger partial charge in [0.25, 0.3) is 0 Å². The van der Waals surface area contributed by atoms with Crippen LogP contribution in [0.3, 0.4) is 0 Å². The highest BCUT2D eigenvalue weighted by Gasteiger charge is 1.81. The predicted octanol–water partition coefficient (Wildman–Crippen LogP) is 1.71. The second kappa shape index (κ2) is 4.31. The summed E-state index contributed by atoms with van der Waals surface area (Å²) >= 11 is 0. The predicted molar refractivity (Wildman–Crippen MR) is 34.6 cm³/mol. The minimum absolute atomic E-state index is 0.628. The van der Waals surface area contributed by atoms with Crippen LogP contribution in [0.1, 0.15) is 13.3 Å². The van der Waals surface area contributed by atoms with Crippen LogP contribution in [0.15, 0.2) is 24.3 Å². The fraction of sp³-hybridized carbons (Fsp3) is 0.286. The maximum absolute atomic E-state index is 9.88. The Labute approximate surface area is 49.7 Å². The lowest BCUT2D eigenvalue weighted by Crippen LogP contribution is -1.76. The lowest BCUT2D eigenvalue weighted by atomic mass is 10.2. The molecule has 0 aromatic rings. The van der Waals surface area contributed by atoms with E-state index in [1.165, 1.54) is 0 Å². The van der Waals surface area contributed by atoms with E-state index >= 15 is 0 Å². The number of aldehydes is 1. The Morgan fingerprint density at radius 2 is 2.38 bits per heavy atom. The number of carbonyl (C=O) groups is 1. The van der Waals surface area contributed by atoms with Gasteiger partial charge >= 0.3 is 0 Å². The fourth-order valence-electron chi connectivity index (χ4n) is 0.317. The first kappa shape index (κ1) is 7.15. The van der Waals surface area contributed by atoms with E-state index in [2.05, 4.69) is 6.58 Å². The molecule has 0 aromatic carbocycles. The van der Waals surface area contributed by atoms with Crippen molar-refractivity contribution >= 4 is 6.29 Å². The summed E-state index contributed by atoms with van der Waals surface area (Å²) in [5, 5.41) is 0. The summed E-state index contributed by atoms with van der Waals surface area (Å²) < 4.78 is 0. The van der Waals surface area contributed by atoms with Crippen molar-refractivity contribution in [3.8, 4) is 0 Å². The van der Waals surface area contributed by atoms with Gasteiger partial charge in [-0.15, -0.1) is 0 Å². The van der Waals surface area contributed by atoms with E-state index in [4.69, 9.17) is 0 Å². The Morgan fingerprint density at radius 3 is 2.75 bits per heavy atom. The van der Waals surface area contributed by atoms with E-state index in [1.807, 2.05) is 19.1 Å². The summed E-state index contributed by atoms with van der Waals surface area (Å²) in [5.41, 5.74) is 0.628. The summed E-state index contributed by atoms with van der Waals surface area (Å²) in [6.07, 6.45) is 5.26. The van der Waals surface area contributed by atoms with Gasteiger partial charge in [0, 0.05) is 0 Å². The van der Waals surface area contributed by atoms with E-state index in [1.54, 1.807) is 0 Å². The van der Waals surface area contributed by atoms with Crippen LogP contribution in [-0.2, 0) is 4.79 Å². The summed E-state index contributed by atoms with van der Waals surface area (Å²) in [4.78, 5) is 9.88. The summed E-state index contributed by atoms with van der Waals surface area (Å²) in [5.74, 6) is 0. The number of rotatable bonds is 3. The summed E-state index contributed by atoms with van der Waals surface area (Å²) in [7, 11) is 0. The van der Waals surface area contributed by atoms with Crippen LogP contribution >= 0.6 is 0 Å². The summed E-state index contributed by atoms with van der Waals surface area (Å²) in [6.45, 7) is 5.41. The molecule has 0 rings (SSSR count). The molecule has 0 aliphatic carbocycles. The largest absolute Gasteiger partial charge is 0.298 e. The molecule has 0 N–H and O–H groups in total. The highest BCUT2D eigenvalue weighted by molar-refractivity contribution is 5.72. The van der Waals surface area contributed by atoms with Crippen LogP contribution in [0.4, 0.5) is 0 Å². The van der Waals surface area contributed by atoms with E-state index in [-0.39, 0.29) is 0 Å². The minimum Gasteiger partial charge on any atom is -0.298 e. The van der Waals surface area contributed by atoms with Crippen LogP contribution in [-0.4, -0.2) is 6.29 Å². The van der Waals surface area contributed by atoms with E-state index in [0.29, 0.717) is 12.0 Å². The Kier molecular flexibility index (Phi) is 3.85. The molecule has 8 heavy (non-hydrogen) atoms. The third-order valence-corrected chi connectivity index (χ3v) is 0.782. The second-order valence-corrected chi connectivity index (χ2v) is 1.55. The Bertz CT molecular complexity index is 112. The van der Waals surface area contributed by atoms with Crippen molar-refractivity contribution in [2.24, 2.45) is 0 Å². The van der Waals surface area contributed by atoms with Gasteiger partial charge < -0.3 is 0 Å². The maximum Gasteiger partial charge on any atom is 0.145 e. The van der Waals surface area contributed by atoms with E-state index in [0.717, 1.165) is 6.29 Å². The average Bonchev–Trinajstić information content (AvgIpc) is 1.83. The molecule has 44 valence electrons. The zero-order valence-electron chi connectivity index (χ0n) is 5.05. The quantitative estimate of drug-likeness (QED) is 0.307. The highest BCUT2D eigenvalue weighted by Crippen LogP contribution is 1.92. The molecule has 1 heteroatoms. The first-order valence-electron chi connectivity index (χ1n) is 2.55. The van der Waals surface area contributed by atoms with Gasteiger partial charge in [0.1, 0.15) is 6.29 Å².